The van der Waals surface area contributed by atoms with Crippen LogP contribution in [0.5, 0.6) is 0 Å². The van der Waals surface area contributed by atoms with E-state index in [4.69, 9.17) is 14.2 Å². The predicted octanol–water partition coefficient (Wildman–Crippen LogP) is 2.34. The van der Waals surface area contributed by atoms with Crippen molar-refractivity contribution in [2.24, 2.45) is 11.3 Å². The van der Waals surface area contributed by atoms with Crippen LogP contribution in [0.3, 0.4) is 0 Å². The van der Waals surface area contributed by atoms with Crippen LogP contribution in [0, 0.1) is 11.3 Å². The Balaban J connectivity index is 6.40. The third-order valence-electron chi connectivity index (χ3n) is 5.00. The van der Waals surface area contributed by atoms with Crippen molar-refractivity contribution in [3.63, 3.8) is 0 Å². The Morgan fingerprint density at radius 2 is 1.00 bits per heavy atom. The van der Waals surface area contributed by atoms with Crippen LogP contribution in [0.4, 0.5) is 0 Å². The van der Waals surface area contributed by atoms with Crippen LogP contribution in [0.25, 0.3) is 0 Å². The third-order valence-corrected chi connectivity index (χ3v) is 5.00. The molecule has 7 nitrogen and oxygen atoms in total. The molecule has 0 bridgehead atoms. The molecule has 27 heavy (non-hydrogen) atoms. The summed E-state index contributed by atoms with van der Waals surface area (Å²) in [4.78, 5) is 35.4. The summed E-state index contributed by atoms with van der Waals surface area (Å²) in [6.45, 7) is 18.1. The van der Waals surface area contributed by atoms with Crippen LogP contribution >= 0.6 is 0 Å². The maximum atomic E-state index is 11.8. The zero-order valence-corrected chi connectivity index (χ0v) is 16.6. The van der Waals surface area contributed by atoms with Gasteiger partial charge in [0.1, 0.15) is 18.3 Å². The lowest BCUT2D eigenvalue weighted by Crippen LogP contribution is -2.60. The number of carbonyl (C=O) groups is 3. The number of hydrogen-bond acceptors (Lipinski definition) is 7. The van der Waals surface area contributed by atoms with E-state index in [-0.39, 0.29) is 0 Å². The molecule has 0 aromatic heterocycles. The highest BCUT2D eigenvalue weighted by molar-refractivity contribution is 5.82. The van der Waals surface area contributed by atoms with Gasteiger partial charge in [-0.2, -0.15) is 0 Å². The van der Waals surface area contributed by atoms with E-state index >= 15 is 0 Å². The highest BCUT2D eigenvalue weighted by Crippen LogP contribution is 2.45. The molecule has 0 aromatic rings. The Hall–Kier alpha value is -2.41. The van der Waals surface area contributed by atoms with Crippen LogP contribution in [-0.4, -0.2) is 47.4 Å². The molecule has 0 aliphatic carbocycles. The number of aliphatic hydroxyl groups is 1. The lowest BCUT2D eigenvalue weighted by Gasteiger charge is -2.50. The summed E-state index contributed by atoms with van der Waals surface area (Å²) in [5.41, 5.74) is -1.27. The number of aliphatic hydroxyl groups excluding tert-OH is 1. The first-order valence-electron chi connectivity index (χ1n) is 8.66. The largest absolute Gasteiger partial charge is 0.459 e. The molecule has 5 unspecified atom stereocenters. The highest BCUT2D eigenvalue weighted by Gasteiger charge is 2.56. The standard InChI is InChI=1S/C20H30O7/c1-9-17(22)25-14(6)20(12(4)13(5)21,15(7)26-18(23)10-2)16(8)27-19(24)11-3/h9-16,21H,1-3H2,4-8H3. The van der Waals surface area contributed by atoms with Crippen molar-refractivity contribution in [1.29, 1.82) is 0 Å². The molecule has 0 aromatic carbocycles. The predicted molar refractivity (Wildman–Crippen MR) is 101 cm³/mol. The van der Waals surface area contributed by atoms with Crippen molar-refractivity contribution < 1.29 is 33.7 Å². The topological polar surface area (TPSA) is 99.1 Å². The number of rotatable bonds is 11. The molecular formula is C20H30O7. The van der Waals surface area contributed by atoms with Crippen molar-refractivity contribution in [2.45, 2.75) is 59.0 Å². The molecule has 0 rings (SSSR count). The monoisotopic (exact) mass is 382 g/mol. The van der Waals surface area contributed by atoms with Gasteiger partial charge < -0.3 is 19.3 Å². The van der Waals surface area contributed by atoms with E-state index < -0.39 is 53.7 Å². The molecule has 152 valence electrons. The number of esters is 3. The van der Waals surface area contributed by atoms with E-state index in [1.54, 1.807) is 34.6 Å². The molecule has 0 amide bonds. The van der Waals surface area contributed by atoms with Crippen molar-refractivity contribution in [2.75, 3.05) is 0 Å². The second kappa shape index (κ2) is 10.7. The van der Waals surface area contributed by atoms with Gasteiger partial charge in [0.25, 0.3) is 0 Å². The van der Waals surface area contributed by atoms with E-state index in [0.717, 1.165) is 18.2 Å². The summed E-state index contributed by atoms with van der Waals surface area (Å²) in [6, 6.07) is 0. The SMILES string of the molecule is C=CC(=O)OC(C)C(C(C)OC(=O)C=C)(C(C)OC(=O)C=C)C(C)C(C)O. The normalized spacial score (nSPS) is 18.4. The summed E-state index contributed by atoms with van der Waals surface area (Å²) >= 11 is 0. The first-order chi connectivity index (χ1) is 12.5. The van der Waals surface area contributed by atoms with E-state index in [1.807, 2.05) is 0 Å². The van der Waals surface area contributed by atoms with Crippen LogP contribution in [0.1, 0.15) is 34.6 Å². The average molecular weight is 382 g/mol. The summed E-state index contributed by atoms with van der Waals surface area (Å²) in [5, 5.41) is 10.3. The third kappa shape index (κ3) is 5.79. The summed E-state index contributed by atoms with van der Waals surface area (Å²) in [7, 11) is 0. The second-order valence-corrected chi connectivity index (χ2v) is 6.38. The zero-order chi connectivity index (χ0) is 21.4. The van der Waals surface area contributed by atoms with Crippen LogP contribution < -0.4 is 0 Å². The van der Waals surface area contributed by atoms with Gasteiger partial charge in [-0.1, -0.05) is 26.7 Å². The molecule has 0 fully saturated rings. The smallest absolute Gasteiger partial charge is 0.330 e. The van der Waals surface area contributed by atoms with E-state index in [0.29, 0.717) is 0 Å². The second-order valence-electron chi connectivity index (χ2n) is 6.38. The fraction of sp³-hybridized carbons (Fsp3) is 0.550. The van der Waals surface area contributed by atoms with Gasteiger partial charge in [0.05, 0.1) is 11.5 Å². The molecule has 0 aliphatic heterocycles. The minimum absolute atomic E-state index is 0.606. The van der Waals surface area contributed by atoms with Gasteiger partial charge in [-0.05, 0) is 33.6 Å². The molecular weight excluding hydrogens is 352 g/mol. The molecule has 7 heteroatoms. The molecule has 0 aliphatic rings. The molecule has 0 saturated carbocycles. The van der Waals surface area contributed by atoms with Crippen LogP contribution in [0.2, 0.25) is 0 Å². The number of hydrogen-bond donors (Lipinski definition) is 1. The van der Waals surface area contributed by atoms with Crippen molar-refractivity contribution in [3.8, 4) is 0 Å². The quantitative estimate of drug-likeness (QED) is 0.333. The summed E-state index contributed by atoms with van der Waals surface area (Å²) in [5.74, 6) is -2.71. The Labute approximate surface area is 160 Å². The summed E-state index contributed by atoms with van der Waals surface area (Å²) < 4.78 is 16.2. The average Bonchev–Trinajstić information content (AvgIpc) is 2.61. The molecule has 0 spiro atoms. The van der Waals surface area contributed by atoms with Gasteiger partial charge >= 0.3 is 17.9 Å². The maximum absolute atomic E-state index is 11.8. The first kappa shape index (κ1) is 24.6. The molecule has 0 radical (unpaired) electrons. The number of ether oxygens (including phenoxy) is 3. The van der Waals surface area contributed by atoms with E-state index in [9.17, 15) is 19.5 Å². The Bertz CT molecular complexity index is 510. The van der Waals surface area contributed by atoms with E-state index in [1.165, 1.54) is 0 Å². The van der Waals surface area contributed by atoms with Gasteiger partial charge in [0.2, 0.25) is 0 Å². The zero-order valence-electron chi connectivity index (χ0n) is 16.6. The van der Waals surface area contributed by atoms with Gasteiger partial charge in [-0.15, -0.1) is 0 Å². The fourth-order valence-electron chi connectivity index (χ4n) is 3.49. The van der Waals surface area contributed by atoms with Gasteiger partial charge in [0, 0.05) is 18.2 Å². The Kier molecular flexibility index (Phi) is 9.72. The Morgan fingerprint density at radius 1 is 0.741 bits per heavy atom. The van der Waals surface area contributed by atoms with Crippen LogP contribution in [0.15, 0.2) is 38.0 Å². The fourth-order valence-corrected chi connectivity index (χ4v) is 3.49. The van der Waals surface area contributed by atoms with Gasteiger partial charge in [0.15, 0.2) is 0 Å². The Morgan fingerprint density at radius 3 is 1.19 bits per heavy atom. The van der Waals surface area contributed by atoms with Crippen molar-refractivity contribution in [3.05, 3.63) is 38.0 Å². The minimum Gasteiger partial charge on any atom is -0.459 e. The van der Waals surface area contributed by atoms with Gasteiger partial charge in [-0.3, -0.25) is 0 Å². The van der Waals surface area contributed by atoms with E-state index in [2.05, 4.69) is 19.7 Å². The maximum Gasteiger partial charge on any atom is 0.330 e. The lowest BCUT2D eigenvalue weighted by atomic mass is 9.63. The highest BCUT2D eigenvalue weighted by atomic mass is 16.6. The van der Waals surface area contributed by atoms with Crippen LogP contribution in [-0.2, 0) is 28.6 Å². The van der Waals surface area contributed by atoms with Crippen molar-refractivity contribution in [1.82, 2.24) is 0 Å². The number of carbonyl (C=O) groups excluding carboxylic acids is 3. The summed E-state index contributed by atoms with van der Waals surface area (Å²) in [6.07, 6.45) is -0.641. The first-order valence-corrected chi connectivity index (χ1v) is 8.66. The lowest BCUT2D eigenvalue weighted by molar-refractivity contribution is -0.209. The van der Waals surface area contributed by atoms with Gasteiger partial charge in [-0.25, -0.2) is 14.4 Å². The molecule has 1 N–H and O–H groups in total. The minimum atomic E-state index is -1.27. The molecule has 0 saturated heterocycles. The molecule has 0 heterocycles. The molecule has 5 atom stereocenters. The van der Waals surface area contributed by atoms with Crippen molar-refractivity contribution >= 4 is 17.9 Å².